The van der Waals surface area contributed by atoms with Crippen molar-refractivity contribution in [2.24, 2.45) is 5.73 Å². The van der Waals surface area contributed by atoms with Crippen LogP contribution in [-0.4, -0.2) is 48.9 Å². The van der Waals surface area contributed by atoms with Gasteiger partial charge in [0, 0.05) is 46.4 Å². The molecule has 1 atom stereocenters. The van der Waals surface area contributed by atoms with Crippen LogP contribution in [0.2, 0.25) is 10.0 Å². The van der Waals surface area contributed by atoms with Crippen LogP contribution >= 0.6 is 34.5 Å². The highest BCUT2D eigenvalue weighted by Crippen LogP contribution is 2.38. The average Bonchev–Trinajstić information content (AvgIpc) is 3.44. The van der Waals surface area contributed by atoms with Gasteiger partial charge in [-0.1, -0.05) is 35.3 Å². The Morgan fingerprint density at radius 3 is 2.60 bits per heavy atom. The normalized spacial score (nSPS) is 14.4. The Bertz CT molecular complexity index is 1480. The Hall–Kier alpha value is -3.56. The van der Waals surface area contributed by atoms with Gasteiger partial charge in [0.25, 0.3) is 0 Å². The van der Waals surface area contributed by atoms with Gasteiger partial charge in [0.2, 0.25) is 5.91 Å². The van der Waals surface area contributed by atoms with Gasteiger partial charge in [0.1, 0.15) is 23.9 Å². The highest BCUT2D eigenvalue weighted by molar-refractivity contribution is 7.10. The van der Waals surface area contributed by atoms with Gasteiger partial charge < -0.3 is 25.7 Å². The summed E-state index contributed by atoms with van der Waals surface area (Å²) in [6, 6.07) is 20.2. The Morgan fingerprint density at radius 2 is 1.93 bits per heavy atom. The number of thiophene rings is 1. The molecule has 0 saturated carbocycles. The molecule has 5 rings (SSSR count). The van der Waals surface area contributed by atoms with E-state index >= 15 is 0 Å². The molecule has 1 aliphatic heterocycles. The Balaban J connectivity index is 0.000000283. The lowest BCUT2D eigenvalue weighted by molar-refractivity contribution is 0.100. The third-order valence-electron chi connectivity index (χ3n) is 6.49. The number of carbonyl (C=O) groups is 1. The first-order chi connectivity index (χ1) is 19.3. The standard InChI is InChI=1S/C23H23ClN2O2S.C7H6ClNO2/c1-27-21-14-19(7-4-17(21)15-25)28-12-11-26-10-8-22-20(9-13-29-22)23(26)16-2-5-18(24)6-3-16;8-5-3-4(7(9)11)1-2-6(5)10/h2-7,9,13-15,23,25H,8,10-12H2,1H3;1-3,10H,(H2,9,11). The molecular formula is C30H29Cl2N3O4S. The zero-order chi connectivity index (χ0) is 28.6. The fourth-order valence-electron chi connectivity index (χ4n) is 4.49. The Morgan fingerprint density at radius 1 is 1.15 bits per heavy atom. The van der Waals surface area contributed by atoms with E-state index < -0.39 is 5.91 Å². The molecule has 10 heteroatoms. The van der Waals surface area contributed by atoms with E-state index in [1.165, 1.54) is 40.4 Å². The van der Waals surface area contributed by atoms with Crippen molar-refractivity contribution in [1.82, 2.24) is 4.90 Å². The summed E-state index contributed by atoms with van der Waals surface area (Å²) in [6.45, 7) is 2.40. The lowest BCUT2D eigenvalue weighted by Gasteiger charge is -2.36. The first-order valence-corrected chi connectivity index (χ1v) is 14.1. The summed E-state index contributed by atoms with van der Waals surface area (Å²) in [7, 11) is 1.61. The molecule has 1 unspecified atom stereocenters. The van der Waals surface area contributed by atoms with Crippen LogP contribution in [0.3, 0.4) is 0 Å². The number of halogens is 2. The van der Waals surface area contributed by atoms with Gasteiger partial charge >= 0.3 is 0 Å². The number of benzene rings is 3. The van der Waals surface area contributed by atoms with Crippen molar-refractivity contribution in [2.45, 2.75) is 12.5 Å². The number of nitrogens with two attached hydrogens (primary N) is 1. The second kappa shape index (κ2) is 13.7. The quantitative estimate of drug-likeness (QED) is 0.199. The molecule has 3 aromatic carbocycles. The summed E-state index contributed by atoms with van der Waals surface area (Å²) in [5.41, 5.74) is 8.62. The van der Waals surface area contributed by atoms with E-state index in [1.807, 2.05) is 41.7 Å². The number of nitrogens with zero attached hydrogens (tertiary/aromatic N) is 1. The van der Waals surface area contributed by atoms with Crippen LogP contribution in [0.4, 0.5) is 0 Å². The smallest absolute Gasteiger partial charge is 0.248 e. The van der Waals surface area contributed by atoms with Gasteiger partial charge in [-0.25, -0.2) is 0 Å². The average molecular weight is 599 g/mol. The van der Waals surface area contributed by atoms with Crippen molar-refractivity contribution < 1.29 is 19.4 Å². The van der Waals surface area contributed by atoms with Gasteiger partial charge in [-0.2, -0.15) is 0 Å². The highest BCUT2D eigenvalue weighted by atomic mass is 35.5. The fourth-order valence-corrected chi connectivity index (χ4v) is 5.70. The van der Waals surface area contributed by atoms with Crippen LogP contribution in [0.1, 0.15) is 38.0 Å². The topological polar surface area (TPSA) is 109 Å². The molecule has 2 heterocycles. The van der Waals surface area contributed by atoms with Crippen molar-refractivity contribution in [2.75, 3.05) is 26.8 Å². The van der Waals surface area contributed by atoms with Gasteiger partial charge in [-0.05, 0) is 71.5 Å². The van der Waals surface area contributed by atoms with Crippen molar-refractivity contribution >= 4 is 46.7 Å². The maximum Gasteiger partial charge on any atom is 0.248 e. The highest BCUT2D eigenvalue weighted by Gasteiger charge is 2.29. The van der Waals surface area contributed by atoms with Crippen molar-refractivity contribution in [3.8, 4) is 17.2 Å². The molecule has 0 radical (unpaired) electrons. The summed E-state index contributed by atoms with van der Waals surface area (Å²) in [4.78, 5) is 14.5. The van der Waals surface area contributed by atoms with Crippen molar-refractivity contribution in [3.63, 3.8) is 0 Å². The van der Waals surface area contributed by atoms with Crippen molar-refractivity contribution in [1.29, 1.82) is 5.41 Å². The number of phenolic OH excluding ortho intramolecular Hbond substituents is 1. The molecule has 0 aliphatic carbocycles. The number of rotatable bonds is 8. The molecular weight excluding hydrogens is 569 g/mol. The molecule has 4 N–H and O–H groups in total. The van der Waals surface area contributed by atoms with Crippen LogP contribution in [0.25, 0.3) is 0 Å². The second-order valence-electron chi connectivity index (χ2n) is 8.97. The van der Waals surface area contributed by atoms with Crippen LogP contribution in [0.15, 0.2) is 72.1 Å². The number of carbonyl (C=O) groups excluding carboxylic acids is 1. The van der Waals surface area contributed by atoms with Crippen LogP contribution in [0, 0.1) is 5.41 Å². The lowest BCUT2D eigenvalue weighted by Crippen LogP contribution is -2.38. The summed E-state index contributed by atoms with van der Waals surface area (Å²) in [5.74, 6) is 0.782. The minimum atomic E-state index is -0.563. The molecule has 1 aromatic heterocycles. The first kappa shape index (κ1) is 29.4. The van der Waals surface area contributed by atoms with E-state index in [9.17, 15) is 4.79 Å². The van der Waals surface area contributed by atoms with Gasteiger partial charge in [-0.15, -0.1) is 11.3 Å². The summed E-state index contributed by atoms with van der Waals surface area (Å²) >= 11 is 13.4. The number of nitrogens with one attached hydrogen (secondary N) is 1. The number of fused-ring (bicyclic) bond motifs is 1. The van der Waals surface area contributed by atoms with E-state index in [0.29, 0.717) is 12.4 Å². The Labute approximate surface area is 247 Å². The Kier molecular flexibility index (Phi) is 10.1. The number of primary amides is 1. The van der Waals surface area contributed by atoms with Gasteiger partial charge in [0.05, 0.1) is 18.2 Å². The molecule has 208 valence electrons. The monoisotopic (exact) mass is 597 g/mol. The van der Waals surface area contributed by atoms with E-state index in [4.69, 9.17) is 48.9 Å². The zero-order valence-corrected chi connectivity index (χ0v) is 24.1. The zero-order valence-electron chi connectivity index (χ0n) is 21.8. The van der Waals surface area contributed by atoms with E-state index in [0.717, 1.165) is 35.8 Å². The molecule has 40 heavy (non-hydrogen) atoms. The predicted molar refractivity (Wildman–Crippen MR) is 161 cm³/mol. The van der Waals surface area contributed by atoms with Gasteiger partial charge in [0.15, 0.2) is 0 Å². The minimum absolute atomic E-state index is 0.0586. The summed E-state index contributed by atoms with van der Waals surface area (Å²) in [5, 5.41) is 19.4. The molecule has 0 spiro atoms. The molecule has 7 nitrogen and oxygen atoms in total. The summed E-state index contributed by atoms with van der Waals surface area (Å²) in [6.07, 6.45) is 2.35. The third-order valence-corrected chi connectivity index (χ3v) is 8.04. The van der Waals surface area contributed by atoms with Crippen LogP contribution < -0.4 is 15.2 Å². The molecule has 1 aliphatic rings. The van der Waals surface area contributed by atoms with Crippen LogP contribution in [0.5, 0.6) is 17.2 Å². The summed E-state index contributed by atoms with van der Waals surface area (Å²) < 4.78 is 11.3. The maximum absolute atomic E-state index is 10.5. The number of hydrogen-bond acceptors (Lipinski definition) is 7. The SMILES string of the molecule is COc1cc(OCCN2CCc3sccc3C2c2ccc(Cl)cc2)ccc1C=N.NC(=O)c1ccc(O)c(Cl)c1. The lowest BCUT2D eigenvalue weighted by atomic mass is 9.93. The number of amides is 1. The molecule has 0 fully saturated rings. The number of ether oxygens (including phenoxy) is 2. The first-order valence-electron chi connectivity index (χ1n) is 12.5. The van der Waals surface area contributed by atoms with Crippen LogP contribution in [-0.2, 0) is 6.42 Å². The van der Waals surface area contributed by atoms with E-state index in [2.05, 4.69) is 28.5 Å². The minimum Gasteiger partial charge on any atom is -0.506 e. The maximum atomic E-state index is 10.5. The van der Waals surface area contributed by atoms with Crippen molar-refractivity contribution in [3.05, 3.63) is 109 Å². The van der Waals surface area contributed by atoms with E-state index in [-0.39, 0.29) is 22.4 Å². The molecule has 0 saturated heterocycles. The number of phenols is 1. The second-order valence-corrected chi connectivity index (χ2v) is 10.8. The molecule has 0 bridgehead atoms. The molecule has 1 amide bonds. The number of methoxy groups -OCH3 is 1. The van der Waals surface area contributed by atoms with Gasteiger partial charge in [-0.3, -0.25) is 9.69 Å². The number of hydrogen-bond donors (Lipinski definition) is 3. The van der Waals surface area contributed by atoms with E-state index in [1.54, 1.807) is 7.11 Å². The number of aromatic hydroxyl groups is 1. The predicted octanol–water partition coefficient (Wildman–Crippen LogP) is 6.58. The largest absolute Gasteiger partial charge is 0.506 e. The molecule has 4 aromatic rings. The fraction of sp³-hybridized carbons (Fsp3) is 0.200. The third kappa shape index (κ3) is 7.14.